The molecule has 0 aromatic carbocycles. The third-order valence-electron chi connectivity index (χ3n) is 8.49. The summed E-state index contributed by atoms with van der Waals surface area (Å²) >= 11 is 0. The van der Waals surface area contributed by atoms with E-state index < -0.39 is 0 Å². The zero-order chi connectivity index (χ0) is 13.0. The molecule has 0 nitrogen and oxygen atoms in total. The standard InChI is InChI=1S/C20H30/c1-2-10-5-12(10)15-7-16(15)19-9-20(19)18-8-17(18)14-6-13(14)11-3-4-11/h10-20H,2-9H2,1H3. The lowest BCUT2D eigenvalue weighted by Gasteiger charge is -2.00. The lowest BCUT2D eigenvalue weighted by Crippen LogP contribution is -1.96. The van der Waals surface area contributed by atoms with Crippen LogP contribution in [-0.2, 0) is 0 Å². The van der Waals surface area contributed by atoms with Gasteiger partial charge in [-0.25, -0.2) is 0 Å². The lowest BCUT2D eigenvalue weighted by atomic mass is 10.0. The van der Waals surface area contributed by atoms with Crippen molar-refractivity contribution in [3.63, 3.8) is 0 Å². The molecule has 0 spiro atoms. The van der Waals surface area contributed by atoms with Crippen LogP contribution in [0.3, 0.4) is 0 Å². The van der Waals surface area contributed by atoms with E-state index in [4.69, 9.17) is 0 Å². The van der Waals surface area contributed by atoms with Crippen LogP contribution in [0.5, 0.6) is 0 Å². The van der Waals surface area contributed by atoms with Crippen LogP contribution in [0.25, 0.3) is 0 Å². The van der Waals surface area contributed by atoms with Gasteiger partial charge in [0.15, 0.2) is 0 Å². The highest BCUT2D eigenvalue weighted by Gasteiger charge is 2.66. The van der Waals surface area contributed by atoms with Gasteiger partial charge in [-0.2, -0.15) is 0 Å². The normalized spacial score (nSPS) is 65.8. The molecule has 0 N–H and O–H groups in total. The maximum absolute atomic E-state index is 2.41. The summed E-state index contributed by atoms with van der Waals surface area (Å²) < 4.78 is 0. The fraction of sp³-hybridized carbons (Fsp3) is 1.00. The molecule has 20 heavy (non-hydrogen) atoms. The molecular formula is C20H30. The summed E-state index contributed by atoms with van der Waals surface area (Å²) in [6.07, 6.45) is 12.9. The van der Waals surface area contributed by atoms with E-state index in [1.165, 1.54) is 65.6 Å². The highest BCUT2D eigenvalue weighted by atomic mass is 14.7. The van der Waals surface area contributed by atoms with E-state index in [-0.39, 0.29) is 0 Å². The molecule has 0 heterocycles. The molecule has 10 atom stereocenters. The molecule has 6 rings (SSSR count). The number of rotatable bonds is 6. The highest BCUT2D eigenvalue weighted by molar-refractivity contribution is 5.15. The fourth-order valence-corrected chi connectivity index (χ4v) is 6.72. The summed E-state index contributed by atoms with van der Waals surface area (Å²) in [5, 5.41) is 0. The van der Waals surface area contributed by atoms with Gasteiger partial charge in [0.05, 0.1) is 0 Å². The van der Waals surface area contributed by atoms with Crippen molar-refractivity contribution >= 4 is 0 Å². The van der Waals surface area contributed by atoms with Gasteiger partial charge in [-0.1, -0.05) is 13.3 Å². The van der Waals surface area contributed by atoms with Crippen molar-refractivity contribution in [3.05, 3.63) is 0 Å². The summed E-state index contributed by atoms with van der Waals surface area (Å²) in [4.78, 5) is 0. The SMILES string of the molecule is CCC1CC1C1CC1C1CC1C1CC1C1CC1C1CC1. The van der Waals surface area contributed by atoms with Gasteiger partial charge in [0.1, 0.15) is 0 Å². The second-order valence-corrected chi connectivity index (χ2v) is 9.66. The van der Waals surface area contributed by atoms with Crippen molar-refractivity contribution < 1.29 is 0 Å². The predicted octanol–water partition coefficient (Wildman–Crippen LogP) is 4.99. The average Bonchev–Trinajstić information content (AvgIpc) is 3.28. The minimum absolute atomic E-state index is 1.15. The molecule has 6 saturated carbocycles. The van der Waals surface area contributed by atoms with E-state index in [1.807, 2.05) is 0 Å². The largest absolute Gasteiger partial charge is 0.0651 e. The van der Waals surface area contributed by atoms with Crippen LogP contribution in [0.4, 0.5) is 0 Å². The molecule has 0 aliphatic heterocycles. The molecule has 6 fully saturated rings. The predicted molar refractivity (Wildman–Crippen MR) is 81.0 cm³/mol. The Morgan fingerprint density at radius 1 is 0.550 bits per heavy atom. The highest BCUT2D eigenvalue weighted by Crippen LogP contribution is 2.73. The van der Waals surface area contributed by atoms with Gasteiger partial charge in [0.25, 0.3) is 0 Å². The molecule has 0 amide bonds. The van der Waals surface area contributed by atoms with E-state index in [1.54, 1.807) is 44.9 Å². The van der Waals surface area contributed by atoms with Gasteiger partial charge < -0.3 is 0 Å². The fourth-order valence-electron chi connectivity index (χ4n) is 6.72. The quantitative estimate of drug-likeness (QED) is 0.638. The summed E-state index contributed by atoms with van der Waals surface area (Å²) in [7, 11) is 0. The molecule has 6 aliphatic rings. The van der Waals surface area contributed by atoms with E-state index >= 15 is 0 Å². The Morgan fingerprint density at radius 3 is 1.45 bits per heavy atom. The Morgan fingerprint density at radius 2 is 1.00 bits per heavy atom. The molecule has 6 aliphatic carbocycles. The van der Waals surface area contributed by atoms with E-state index in [0.717, 1.165) is 5.92 Å². The number of hydrogen-bond donors (Lipinski definition) is 0. The van der Waals surface area contributed by atoms with E-state index in [9.17, 15) is 0 Å². The van der Waals surface area contributed by atoms with Crippen molar-refractivity contribution in [1.29, 1.82) is 0 Å². The van der Waals surface area contributed by atoms with Crippen LogP contribution in [0.2, 0.25) is 0 Å². The molecule has 0 radical (unpaired) electrons. The van der Waals surface area contributed by atoms with Crippen molar-refractivity contribution in [3.8, 4) is 0 Å². The Kier molecular flexibility index (Phi) is 2.12. The smallest absolute Gasteiger partial charge is 0.0349 e. The van der Waals surface area contributed by atoms with Crippen LogP contribution in [0, 0.1) is 65.1 Å². The van der Waals surface area contributed by atoms with Gasteiger partial charge in [0.2, 0.25) is 0 Å². The third kappa shape index (κ3) is 1.72. The van der Waals surface area contributed by atoms with Crippen LogP contribution in [-0.4, -0.2) is 0 Å². The Balaban J connectivity index is 1.01. The maximum atomic E-state index is 2.41. The topological polar surface area (TPSA) is 0 Å². The van der Waals surface area contributed by atoms with Gasteiger partial charge >= 0.3 is 0 Å². The van der Waals surface area contributed by atoms with Crippen LogP contribution >= 0.6 is 0 Å². The molecule has 0 aromatic rings. The van der Waals surface area contributed by atoms with E-state index in [2.05, 4.69) is 6.92 Å². The summed E-state index contributed by atoms with van der Waals surface area (Å²) in [5.74, 6) is 13.4. The molecule has 0 saturated heterocycles. The first kappa shape index (κ1) is 11.6. The Bertz CT molecular complexity index is 435. The minimum Gasteiger partial charge on any atom is -0.0651 e. The Labute approximate surface area is 124 Å². The summed E-state index contributed by atoms with van der Waals surface area (Å²) in [5.41, 5.74) is 0. The first-order valence-corrected chi connectivity index (χ1v) is 9.85. The second-order valence-electron chi connectivity index (χ2n) is 9.66. The summed E-state index contributed by atoms with van der Waals surface area (Å²) in [6.45, 7) is 2.41. The molecule has 10 unspecified atom stereocenters. The minimum atomic E-state index is 1.15. The van der Waals surface area contributed by atoms with Crippen molar-refractivity contribution in [2.75, 3.05) is 0 Å². The molecule has 0 aromatic heterocycles. The first-order valence-electron chi connectivity index (χ1n) is 9.85. The van der Waals surface area contributed by atoms with Crippen LogP contribution < -0.4 is 0 Å². The molecular weight excluding hydrogens is 240 g/mol. The number of hydrogen-bond acceptors (Lipinski definition) is 0. The van der Waals surface area contributed by atoms with Crippen LogP contribution in [0.1, 0.15) is 58.3 Å². The third-order valence-corrected chi connectivity index (χ3v) is 8.49. The summed E-state index contributed by atoms with van der Waals surface area (Å²) in [6, 6.07) is 0. The van der Waals surface area contributed by atoms with Gasteiger partial charge in [0, 0.05) is 0 Å². The van der Waals surface area contributed by atoms with Gasteiger partial charge in [-0.05, 0) is 110 Å². The Hall–Kier alpha value is 0. The monoisotopic (exact) mass is 270 g/mol. The second kappa shape index (κ2) is 3.66. The van der Waals surface area contributed by atoms with E-state index in [0.29, 0.717) is 0 Å². The molecule has 0 bridgehead atoms. The molecule has 0 heteroatoms. The lowest BCUT2D eigenvalue weighted by molar-refractivity contribution is 0.469. The van der Waals surface area contributed by atoms with Crippen molar-refractivity contribution in [2.24, 2.45) is 65.1 Å². The van der Waals surface area contributed by atoms with Gasteiger partial charge in [-0.3, -0.25) is 0 Å². The zero-order valence-corrected chi connectivity index (χ0v) is 13.0. The van der Waals surface area contributed by atoms with Crippen molar-refractivity contribution in [2.45, 2.75) is 58.3 Å². The zero-order valence-electron chi connectivity index (χ0n) is 13.0. The van der Waals surface area contributed by atoms with Crippen LogP contribution in [0.15, 0.2) is 0 Å². The average molecular weight is 270 g/mol. The van der Waals surface area contributed by atoms with Crippen molar-refractivity contribution in [1.82, 2.24) is 0 Å². The first-order chi connectivity index (χ1) is 9.85. The maximum Gasteiger partial charge on any atom is -0.0349 e. The van der Waals surface area contributed by atoms with Gasteiger partial charge in [-0.15, -0.1) is 0 Å². The molecule has 110 valence electrons.